The lowest BCUT2D eigenvalue weighted by Gasteiger charge is -2.28. The molecule has 2 unspecified atom stereocenters. The Bertz CT molecular complexity index is 617. The highest BCUT2D eigenvalue weighted by Crippen LogP contribution is 2.29. The van der Waals surface area contributed by atoms with Crippen molar-refractivity contribution in [3.8, 4) is 0 Å². The molecule has 6 nitrogen and oxygen atoms in total. The summed E-state index contributed by atoms with van der Waals surface area (Å²) in [5.74, 6) is 1.42. The zero-order valence-electron chi connectivity index (χ0n) is 13.2. The van der Waals surface area contributed by atoms with Gasteiger partial charge in [0.25, 0.3) is 0 Å². The number of hydrogen-bond acceptors (Lipinski definition) is 5. The molecule has 21 heavy (non-hydrogen) atoms. The summed E-state index contributed by atoms with van der Waals surface area (Å²) >= 11 is 0. The lowest BCUT2D eigenvalue weighted by atomic mass is 10.2. The van der Waals surface area contributed by atoms with Crippen molar-refractivity contribution >= 4 is 0 Å². The molecule has 0 bridgehead atoms. The summed E-state index contributed by atoms with van der Waals surface area (Å²) in [6.45, 7) is 10.2. The lowest BCUT2D eigenvalue weighted by Crippen LogP contribution is -2.35. The van der Waals surface area contributed by atoms with Gasteiger partial charge in [-0.3, -0.25) is 9.58 Å². The fraction of sp³-hybridized carbons (Fsp3) is 0.667. The van der Waals surface area contributed by atoms with E-state index < -0.39 is 0 Å². The van der Waals surface area contributed by atoms with Gasteiger partial charge in [0.1, 0.15) is 0 Å². The van der Waals surface area contributed by atoms with E-state index in [9.17, 15) is 0 Å². The zero-order valence-corrected chi connectivity index (χ0v) is 13.2. The first-order valence-electron chi connectivity index (χ1n) is 7.61. The van der Waals surface area contributed by atoms with E-state index in [0.717, 1.165) is 18.8 Å². The molecule has 3 rings (SSSR count). The van der Waals surface area contributed by atoms with E-state index in [0.29, 0.717) is 17.8 Å². The van der Waals surface area contributed by atoms with Crippen molar-refractivity contribution in [3.63, 3.8) is 0 Å². The maximum atomic E-state index is 5.34. The normalized spacial score (nSPS) is 21.0. The minimum absolute atomic E-state index is 0.163. The van der Waals surface area contributed by atoms with Crippen LogP contribution in [0.2, 0.25) is 0 Å². The standard InChI is InChI=1S/C15H23N5O/c1-10-8-11(2)20(17-10)9-14-6-5-7-19(14)12(3)15-16-13(4)18-21-15/h8,12,14H,5-7,9H2,1-4H3. The second kappa shape index (κ2) is 5.60. The first-order valence-corrected chi connectivity index (χ1v) is 7.61. The Morgan fingerprint density at radius 1 is 1.38 bits per heavy atom. The van der Waals surface area contributed by atoms with Gasteiger partial charge in [-0.15, -0.1) is 0 Å². The molecular formula is C15H23N5O. The largest absolute Gasteiger partial charge is 0.338 e. The Kier molecular flexibility index (Phi) is 3.80. The molecule has 0 spiro atoms. The molecule has 1 aliphatic rings. The average Bonchev–Trinajstić information content (AvgIpc) is 3.12. The van der Waals surface area contributed by atoms with Crippen molar-refractivity contribution in [1.29, 1.82) is 0 Å². The second-order valence-electron chi connectivity index (χ2n) is 6.00. The summed E-state index contributed by atoms with van der Waals surface area (Å²) in [4.78, 5) is 6.84. The van der Waals surface area contributed by atoms with Crippen molar-refractivity contribution in [3.05, 3.63) is 29.2 Å². The molecule has 0 amide bonds. The first-order chi connectivity index (χ1) is 10.0. The van der Waals surface area contributed by atoms with Crippen LogP contribution in [-0.2, 0) is 6.54 Å². The predicted octanol–water partition coefficient (Wildman–Crippen LogP) is 2.42. The van der Waals surface area contributed by atoms with Crippen molar-refractivity contribution in [2.45, 2.75) is 59.2 Å². The third-order valence-electron chi connectivity index (χ3n) is 4.31. The SMILES string of the molecule is Cc1cc(C)n(CC2CCCN2C(C)c2nc(C)no2)n1. The smallest absolute Gasteiger partial charge is 0.243 e. The van der Waals surface area contributed by atoms with Gasteiger partial charge in [-0.1, -0.05) is 5.16 Å². The molecule has 2 atom stereocenters. The van der Waals surface area contributed by atoms with Crippen molar-refractivity contribution in [2.75, 3.05) is 6.54 Å². The first kappa shape index (κ1) is 14.3. The van der Waals surface area contributed by atoms with Crippen LogP contribution in [0.25, 0.3) is 0 Å². The highest BCUT2D eigenvalue weighted by molar-refractivity contribution is 5.07. The van der Waals surface area contributed by atoms with E-state index in [-0.39, 0.29) is 6.04 Å². The van der Waals surface area contributed by atoms with Gasteiger partial charge in [-0.05, 0) is 53.1 Å². The molecule has 6 heteroatoms. The molecule has 1 fully saturated rings. The number of likely N-dealkylation sites (tertiary alicyclic amines) is 1. The van der Waals surface area contributed by atoms with Gasteiger partial charge < -0.3 is 4.52 Å². The highest BCUT2D eigenvalue weighted by atomic mass is 16.5. The summed E-state index contributed by atoms with van der Waals surface area (Å²) < 4.78 is 7.45. The van der Waals surface area contributed by atoms with E-state index in [1.165, 1.54) is 18.5 Å². The van der Waals surface area contributed by atoms with E-state index in [2.05, 4.69) is 44.7 Å². The van der Waals surface area contributed by atoms with E-state index in [1.54, 1.807) is 0 Å². The molecule has 114 valence electrons. The molecule has 2 aromatic rings. The quantitative estimate of drug-likeness (QED) is 0.865. The van der Waals surface area contributed by atoms with Crippen LogP contribution in [0.3, 0.4) is 0 Å². The minimum Gasteiger partial charge on any atom is -0.338 e. The molecule has 0 aliphatic carbocycles. The van der Waals surface area contributed by atoms with Gasteiger partial charge in [-0.2, -0.15) is 10.1 Å². The lowest BCUT2D eigenvalue weighted by molar-refractivity contribution is 0.144. The molecule has 0 aromatic carbocycles. The summed E-state index contributed by atoms with van der Waals surface area (Å²) in [6.07, 6.45) is 2.40. The fourth-order valence-corrected chi connectivity index (χ4v) is 3.25. The Balaban J connectivity index is 1.74. The topological polar surface area (TPSA) is 60.0 Å². The van der Waals surface area contributed by atoms with Crippen LogP contribution in [0.1, 0.15) is 48.9 Å². The monoisotopic (exact) mass is 289 g/mol. The molecular weight excluding hydrogens is 266 g/mol. The van der Waals surface area contributed by atoms with Gasteiger partial charge in [0.2, 0.25) is 5.89 Å². The van der Waals surface area contributed by atoms with Crippen LogP contribution < -0.4 is 0 Å². The molecule has 0 saturated carbocycles. The van der Waals surface area contributed by atoms with Crippen LogP contribution in [0.4, 0.5) is 0 Å². The van der Waals surface area contributed by atoms with Gasteiger partial charge in [-0.25, -0.2) is 0 Å². The number of nitrogens with zero attached hydrogens (tertiary/aromatic N) is 5. The van der Waals surface area contributed by atoms with Gasteiger partial charge >= 0.3 is 0 Å². The maximum Gasteiger partial charge on any atom is 0.243 e. The summed E-state index contributed by atoms with van der Waals surface area (Å²) in [5, 5.41) is 8.49. The Morgan fingerprint density at radius 3 is 2.81 bits per heavy atom. The summed E-state index contributed by atoms with van der Waals surface area (Å²) in [5.41, 5.74) is 2.30. The van der Waals surface area contributed by atoms with Crippen LogP contribution in [-0.4, -0.2) is 37.4 Å². The second-order valence-corrected chi connectivity index (χ2v) is 6.00. The summed E-state index contributed by atoms with van der Waals surface area (Å²) in [6, 6.07) is 2.77. The number of aryl methyl sites for hydroxylation is 3. The Hall–Kier alpha value is -1.69. The molecule has 2 aromatic heterocycles. The molecule has 1 saturated heterocycles. The van der Waals surface area contributed by atoms with Crippen molar-refractivity contribution in [2.24, 2.45) is 0 Å². The molecule has 0 radical (unpaired) electrons. The van der Waals surface area contributed by atoms with Crippen LogP contribution in [0.15, 0.2) is 10.6 Å². The number of aromatic nitrogens is 4. The summed E-state index contributed by atoms with van der Waals surface area (Å²) in [7, 11) is 0. The fourth-order valence-electron chi connectivity index (χ4n) is 3.25. The number of rotatable bonds is 4. The average molecular weight is 289 g/mol. The molecule has 3 heterocycles. The highest BCUT2D eigenvalue weighted by Gasteiger charge is 2.32. The molecule has 0 N–H and O–H groups in total. The van der Waals surface area contributed by atoms with E-state index in [1.807, 2.05) is 13.8 Å². The zero-order chi connectivity index (χ0) is 15.0. The van der Waals surface area contributed by atoms with Crippen LogP contribution in [0.5, 0.6) is 0 Å². The maximum absolute atomic E-state index is 5.34. The number of hydrogen-bond donors (Lipinski definition) is 0. The third-order valence-corrected chi connectivity index (χ3v) is 4.31. The van der Waals surface area contributed by atoms with Crippen LogP contribution >= 0.6 is 0 Å². The predicted molar refractivity (Wildman–Crippen MR) is 78.9 cm³/mol. The van der Waals surface area contributed by atoms with Crippen LogP contribution in [0, 0.1) is 20.8 Å². The Morgan fingerprint density at radius 2 is 2.19 bits per heavy atom. The van der Waals surface area contributed by atoms with E-state index in [4.69, 9.17) is 4.52 Å². The third kappa shape index (κ3) is 2.85. The minimum atomic E-state index is 0.163. The molecule has 1 aliphatic heterocycles. The van der Waals surface area contributed by atoms with Gasteiger partial charge in [0.05, 0.1) is 18.3 Å². The van der Waals surface area contributed by atoms with Crippen molar-refractivity contribution < 1.29 is 4.52 Å². The Labute approximate surface area is 125 Å². The van der Waals surface area contributed by atoms with Gasteiger partial charge in [0, 0.05) is 11.7 Å². The van der Waals surface area contributed by atoms with Crippen molar-refractivity contribution in [1.82, 2.24) is 24.8 Å². The van der Waals surface area contributed by atoms with Gasteiger partial charge in [0.15, 0.2) is 5.82 Å². The van der Waals surface area contributed by atoms with E-state index >= 15 is 0 Å².